The fourth-order valence-electron chi connectivity index (χ4n) is 1.80. The van der Waals surface area contributed by atoms with Crippen molar-refractivity contribution in [2.45, 2.75) is 0 Å². The third-order valence-electron chi connectivity index (χ3n) is 2.85. The number of rotatable bonds is 4. The van der Waals surface area contributed by atoms with Crippen molar-refractivity contribution in [3.8, 4) is 5.75 Å². The molecule has 0 aromatic heterocycles. The SMILES string of the molecule is COc1ccc(F)c(Nc2ccc(F)c(N)c2C(=O)O)c1. The highest BCUT2D eigenvalue weighted by Crippen LogP contribution is 2.30. The maximum atomic E-state index is 13.7. The lowest BCUT2D eigenvalue weighted by Crippen LogP contribution is -2.09. The second kappa shape index (κ2) is 5.66. The van der Waals surface area contributed by atoms with Gasteiger partial charge in [0.15, 0.2) is 0 Å². The van der Waals surface area contributed by atoms with Gasteiger partial charge >= 0.3 is 5.97 Å². The highest BCUT2D eigenvalue weighted by Gasteiger charge is 2.18. The summed E-state index contributed by atoms with van der Waals surface area (Å²) in [7, 11) is 1.41. The van der Waals surface area contributed by atoms with Gasteiger partial charge in [-0.05, 0) is 24.3 Å². The summed E-state index contributed by atoms with van der Waals surface area (Å²) >= 11 is 0. The number of ether oxygens (including phenoxy) is 1. The van der Waals surface area contributed by atoms with E-state index in [2.05, 4.69) is 5.32 Å². The molecule has 0 aliphatic carbocycles. The molecule has 0 aliphatic rings. The Kier molecular flexibility index (Phi) is 3.93. The molecule has 5 nitrogen and oxygen atoms in total. The summed E-state index contributed by atoms with van der Waals surface area (Å²) in [5, 5.41) is 11.7. The molecule has 7 heteroatoms. The van der Waals surface area contributed by atoms with Gasteiger partial charge in [-0.3, -0.25) is 0 Å². The molecule has 0 fully saturated rings. The van der Waals surface area contributed by atoms with Crippen molar-refractivity contribution in [2.24, 2.45) is 0 Å². The summed E-state index contributed by atoms with van der Waals surface area (Å²) in [5.74, 6) is -2.51. The Bertz CT molecular complexity index is 705. The second-order valence-corrected chi connectivity index (χ2v) is 4.16. The molecule has 0 heterocycles. The van der Waals surface area contributed by atoms with Crippen LogP contribution in [0, 0.1) is 11.6 Å². The van der Waals surface area contributed by atoms with Crippen LogP contribution in [0.25, 0.3) is 0 Å². The first-order chi connectivity index (χ1) is 9.93. The number of nitrogens with one attached hydrogen (secondary N) is 1. The largest absolute Gasteiger partial charge is 0.497 e. The third-order valence-corrected chi connectivity index (χ3v) is 2.85. The Morgan fingerprint density at radius 3 is 2.48 bits per heavy atom. The lowest BCUT2D eigenvalue weighted by atomic mass is 10.1. The van der Waals surface area contributed by atoms with Crippen LogP contribution >= 0.6 is 0 Å². The van der Waals surface area contributed by atoms with E-state index in [9.17, 15) is 13.6 Å². The number of aromatic carboxylic acids is 1. The van der Waals surface area contributed by atoms with Crippen molar-refractivity contribution in [1.29, 1.82) is 0 Å². The van der Waals surface area contributed by atoms with Crippen LogP contribution in [0.3, 0.4) is 0 Å². The number of carboxylic acid groups (broad SMARTS) is 1. The number of benzene rings is 2. The Morgan fingerprint density at radius 2 is 1.86 bits per heavy atom. The van der Waals surface area contributed by atoms with E-state index in [-0.39, 0.29) is 11.4 Å². The zero-order valence-corrected chi connectivity index (χ0v) is 11.0. The predicted molar refractivity (Wildman–Crippen MR) is 74.0 cm³/mol. The summed E-state index contributed by atoms with van der Waals surface area (Å²) in [4.78, 5) is 11.2. The fourth-order valence-corrected chi connectivity index (χ4v) is 1.80. The Morgan fingerprint density at radius 1 is 1.19 bits per heavy atom. The molecule has 2 aromatic rings. The molecule has 21 heavy (non-hydrogen) atoms. The Hall–Kier alpha value is -2.83. The van der Waals surface area contributed by atoms with Gasteiger partial charge in [-0.1, -0.05) is 0 Å². The number of hydrogen-bond acceptors (Lipinski definition) is 4. The van der Waals surface area contributed by atoms with Crippen molar-refractivity contribution >= 4 is 23.0 Å². The normalized spacial score (nSPS) is 10.2. The van der Waals surface area contributed by atoms with Crippen LogP contribution in [0.2, 0.25) is 0 Å². The van der Waals surface area contributed by atoms with E-state index >= 15 is 0 Å². The summed E-state index contributed by atoms with van der Waals surface area (Å²) in [6.07, 6.45) is 0. The molecule has 4 N–H and O–H groups in total. The van der Waals surface area contributed by atoms with Crippen LogP contribution < -0.4 is 15.8 Å². The maximum Gasteiger partial charge on any atom is 0.340 e. The molecular weight excluding hydrogens is 282 g/mol. The van der Waals surface area contributed by atoms with Gasteiger partial charge in [0.2, 0.25) is 0 Å². The van der Waals surface area contributed by atoms with E-state index in [1.165, 1.54) is 25.3 Å². The highest BCUT2D eigenvalue weighted by atomic mass is 19.1. The Labute approximate surface area is 119 Å². The molecule has 0 aliphatic heterocycles. The van der Waals surface area contributed by atoms with Gasteiger partial charge in [0, 0.05) is 6.07 Å². The topological polar surface area (TPSA) is 84.6 Å². The van der Waals surface area contributed by atoms with E-state index in [0.29, 0.717) is 5.75 Å². The van der Waals surface area contributed by atoms with Crippen LogP contribution in [0.15, 0.2) is 30.3 Å². The number of hydrogen-bond donors (Lipinski definition) is 3. The molecule has 0 bridgehead atoms. The minimum atomic E-state index is -1.42. The zero-order chi connectivity index (χ0) is 15.6. The number of halogens is 2. The molecule has 0 atom stereocenters. The summed E-state index contributed by atoms with van der Waals surface area (Å²) in [6.45, 7) is 0. The van der Waals surface area contributed by atoms with Gasteiger partial charge in [-0.2, -0.15) is 0 Å². The lowest BCUT2D eigenvalue weighted by molar-refractivity contribution is 0.0698. The van der Waals surface area contributed by atoms with Crippen LogP contribution in [0.5, 0.6) is 5.75 Å². The molecule has 0 spiro atoms. The number of methoxy groups -OCH3 is 1. The molecule has 110 valence electrons. The minimum Gasteiger partial charge on any atom is -0.497 e. The average molecular weight is 294 g/mol. The smallest absolute Gasteiger partial charge is 0.340 e. The zero-order valence-electron chi connectivity index (χ0n) is 11.0. The highest BCUT2D eigenvalue weighted by molar-refractivity contribution is 6.00. The average Bonchev–Trinajstić information content (AvgIpc) is 2.45. The van der Waals surface area contributed by atoms with Gasteiger partial charge in [0.1, 0.15) is 22.9 Å². The summed E-state index contributed by atoms with van der Waals surface area (Å²) in [6, 6.07) is 6.10. The van der Waals surface area contributed by atoms with Gasteiger partial charge in [0.05, 0.1) is 24.2 Å². The van der Waals surface area contributed by atoms with Crippen molar-refractivity contribution in [2.75, 3.05) is 18.2 Å². The summed E-state index contributed by atoms with van der Waals surface area (Å²) < 4.78 is 32.0. The molecule has 2 aromatic carbocycles. The lowest BCUT2D eigenvalue weighted by Gasteiger charge is -2.13. The predicted octanol–water partition coefficient (Wildman–Crippen LogP) is 3.00. The van der Waals surface area contributed by atoms with Crippen molar-refractivity contribution in [1.82, 2.24) is 0 Å². The molecule has 0 amide bonds. The van der Waals surface area contributed by atoms with Crippen LogP contribution in [-0.2, 0) is 0 Å². The van der Waals surface area contributed by atoms with Crippen molar-refractivity contribution in [3.63, 3.8) is 0 Å². The number of anilines is 3. The van der Waals surface area contributed by atoms with E-state index in [1.54, 1.807) is 0 Å². The van der Waals surface area contributed by atoms with Gasteiger partial charge in [0.25, 0.3) is 0 Å². The molecule has 0 radical (unpaired) electrons. The van der Waals surface area contributed by atoms with Crippen molar-refractivity contribution < 1.29 is 23.4 Å². The first kappa shape index (κ1) is 14.6. The first-order valence-corrected chi connectivity index (χ1v) is 5.86. The summed E-state index contributed by atoms with van der Waals surface area (Å²) in [5.41, 5.74) is 4.41. The molecule has 0 unspecified atom stereocenters. The van der Waals surface area contributed by atoms with E-state index in [1.807, 2.05) is 0 Å². The van der Waals surface area contributed by atoms with Crippen LogP contribution in [-0.4, -0.2) is 18.2 Å². The van der Waals surface area contributed by atoms with Crippen LogP contribution in [0.1, 0.15) is 10.4 Å². The van der Waals surface area contributed by atoms with E-state index in [4.69, 9.17) is 15.6 Å². The monoisotopic (exact) mass is 294 g/mol. The van der Waals surface area contributed by atoms with E-state index < -0.39 is 28.9 Å². The van der Waals surface area contributed by atoms with Gasteiger partial charge in [-0.15, -0.1) is 0 Å². The third kappa shape index (κ3) is 2.86. The van der Waals surface area contributed by atoms with Crippen LogP contribution in [0.4, 0.5) is 25.8 Å². The standard InChI is InChI=1S/C14H12F2N2O3/c1-21-7-2-3-8(15)11(6-7)18-10-5-4-9(16)13(17)12(10)14(19)20/h2-6,18H,17H2,1H3,(H,19,20). The number of nitrogens with two attached hydrogens (primary N) is 1. The minimum absolute atomic E-state index is 0.0112. The molecular formula is C14H12F2N2O3. The first-order valence-electron chi connectivity index (χ1n) is 5.86. The number of carbonyl (C=O) groups is 1. The van der Waals surface area contributed by atoms with Crippen molar-refractivity contribution in [3.05, 3.63) is 47.5 Å². The quantitative estimate of drug-likeness (QED) is 0.755. The maximum absolute atomic E-state index is 13.7. The Balaban J connectivity index is 2.49. The fraction of sp³-hybridized carbons (Fsp3) is 0.0714. The number of carboxylic acids is 1. The second-order valence-electron chi connectivity index (χ2n) is 4.16. The molecule has 0 saturated carbocycles. The van der Waals surface area contributed by atoms with Gasteiger partial charge < -0.3 is 20.9 Å². The molecule has 0 saturated heterocycles. The van der Waals surface area contributed by atoms with E-state index in [0.717, 1.165) is 12.1 Å². The number of nitrogen functional groups attached to an aromatic ring is 1. The van der Waals surface area contributed by atoms with Gasteiger partial charge in [-0.25, -0.2) is 13.6 Å². The molecule has 2 rings (SSSR count).